The van der Waals surface area contributed by atoms with Crippen molar-refractivity contribution < 1.29 is 26.8 Å². The van der Waals surface area contributed by atoms with E-state index in [1.807, 2.05) is 0 Å². The summed E-state index contributed by atoms with van der Waals surface area (Å²) in [5, 5.41) is 3.91. The van der Waals surface area contributed by atoms with Crippen molar-refractivity contribution in [3.05, 3.63) is 35.7 Å². The highest BCUT2D eigenvalue weighted by molar-refractivity contribution is 7.89. The van der Waals surface area contributed by atoms with Crippen LogP contribution in [0.3, 0.4) is 0 Å². The van der Waals surface area contributed by atoms with Gasteiger partial charge in [-0.2, -0.15) is 4.98 Å². The van der Waals surface area contributed by atoms with Gasteiger partial charge in [0.05, 0.1) is 18.0 Å². The molecule has 1 aromatic heterocycles. The number of hydrogen-bond acceptors (Lipinski definition) is 7. The summed E-state index contributed by atoms with van der Waals surface area (Å²) in [6, 6.07) is 3.47. The van der Waals surface area contributed by atoms with Crippen molar-refractivity contribution in [1.29, 1.82) is 0 Å². The molecule has 3 rings (SSSR count). The first-order valence-electron chi connectivity index (χ1n) is 8.32. The van der Waals surface area contributed by atoms with Gasteiger partial charge in [-0.05, 0) is 38.0 Å². The summed E-state index contributed by atoms with van der Waals surface area (Å²) in [5.41, 5.74) is 0. The number of ether oxygens (including phenoxy) is 2. The third-order valence-electron chi connectivity index (χ3n) is 4.00. The van der Waals surface area contributed by atoms with Crippen LogP contribution in [-0.4, -0.2) is 38.4 Å². The predicted molar refractivity (Wildman–Crippen MR) is 88.7 cm³/mol. The zero-order valence-electron chi connectivity index (χ0n) is 14.3. The van der Waals surface area contributed by atoms with E-state index in [0.717, 1.165) is 18.9 Å². The van der Waals surface area contributed by atoms with Gasteiger partial charge in [0.1, 0.15) is 0 Å². The van der Waals surface area contributed by atoms with Gasteiger partial charge in [0.2, 0.25) is 15.9 Å². The van der Waals surface area contributed by atoms with Gasteiger partial charge in [0.25, 0.3) is 0 Å². The molecule has 1 aliphatic heterocycles. The Bertz CT molecular complexity index is 849. The lowest BCUT2D eigenvalue weighted by Crippen LogP contribution is -2.23. The lowest BCUT2D eigenvalue weighted by atomic mass is 10.00. The molecule has 0 aliphatic carbocycles. The molecule has 1 N–H and O–H groups in total. The van der Waals surface area contributed by atoms with Crippen molar-refractivity contribution in [3.63, 3.8) is 0 Å². The van der Waals surface area contributed by atoms with Gasteiger partial charge in [0.15, 0.2) is 17.4 Å². The van der Waals surface area contributed by atoms with Gasteiger partial charge in [-0.25, -0.2) is 17.5 Å². The van der Waals surface area contributed by atoms with Crippen LogP contribution in [0.2, 0.25) is 0 Å². The van der Waals surface area contributed by atoms with Crippen molar-refractivity contribution >= 4 is 10.0 Å². The van der Waals surface area contributed by atoms with E-state index < -0.39 is 15.8 Å². The molecule has 1 aliphatic rings. The number of nitrogens with zero attached hydrogens (tertiary/aromatic N) is 2. The summed E-state index contributed by atoms with van der Waals surface area (Å²) < 4.78 is 56.3. The summed E-state index contributed by atoms with van der Waals surface area (Å²) in [6.45, 7) is 3.11. The Balaban J connectivity index is 1.65. The topological polar surface area (TPSA) is 104 Å². The maximum absolute atomic E-state index is 13.9. The third kappa shape index (κ3) is 4.37. The summed E-state index contributed by atoms with van der Waals surface area (Å²) >= 11 is 0. The Kier molecular flexibility index (Phi) is 5.84. The van der Waals surface area contributed by atoms with Gasteiger partial charge in [-0.1, -0.05) is 5.16 Å². The molecule has 0 amide bonds. The summed E-state index contributed by atoms with van der Waals surface area (Å²) in [6.07, 6.45) is 1.60. The van der Waals surface area contributed by atoms with Crippen molar-refractivity contribution in [2.45, 2.75) is 37.1 Å². The molecule has 0 bridgehead atoms. The highest BCUT2D eigenvalue weighted by atomic mass is 32.2. The average molecular weight is 385 g/mol. The monoisotopic (exact) mass is 385 g/mol. The van der Waals surface area contributed by atoms with E-state index >= 15 is 0 Å². The Hall–Kier alpha value is -2.04. The van der Waals surface area contributed by atoms with Crippen LogP contribution in [0.15, 0.2) is 27.6 Å². The number of sulfonamides is 1. The fourth-order valence-corrected chi connectivity index (χ4v) is 3.61. The summed E-state index contributed by atoms with van der Waals surface area (Å²) in [5.74, 6) is 0.118. The van der Waals surface area contributed by atoms with Crippen LogP contribution < -0.4 is 9.46 Å². The molecule has 2 aromatic rings. The van der Waals surface area contributed by atoms with E-state index in [4.69, 9.17) is 14.0 Å². The normalized spacial score (nSPS) is 15.9. The maximum Gasteiger partial charge on any atom is 0.241 e. The zero-order chi connectivity index (χ0) is 18.6. The van der Waals surface area contributed by atoms with Crippen LogP contribution in [0.4, 0.5) is 4.39 Å². The lowest BCUT2D eigenvalue weighted by molar-refractivity contribution is 0.0830. The van der Waals surface area contributed by atoms with Crippen molar-refractivity contribution in [2.75, 3.05) is 19.8 Å². The highest BCUT2D eigenvalue weighted by Crippen LogP contribution is 2.24. The van der Waals surface area contributed by atoms with E-state index in [1.54, 1.807) is 6.92 Å². The van der Waals surface area contributed by atoms with Crippen LogP contribution in [-0.2, 0) is 21.3 Å². The number of nitrogens with one attached hydrogen (secondary N) is 1. The van der Waals surface area contributed by atoms with Crippen molar-refractivity contribution in [3.8, 4) is 5.75 Å². The molecule has 26 heavy (non-hydrogen) atoms. The SMILES string of the molecule is CCOc1ccc(S(=O)(=O)NCc2nc(C3CCOCC3)no2)cc1F. The molecular weight excluding hydrogens is 365 g/mol. The van der Waals surface area contributed by atoms with Gasteiger partial charge >= 0.3 is 0 Å². The predicted octanol–water partition coefficient (Wildman–Crippen LogP) is 1.98. The Labute approximate surface area is 150 Å². The van der Waals surface area contributed by atoms with Gasteiger partial charge in [-0.3, -0.25) is 0 Å². The first kappa shape index (κ1) is 18.7. The number of rotatable bonds is 7. The first-order chi connectivity index (χ1) is 12.5. The van der Waals surface area contributed by atoms with Crippen molar-refractivity contribution in [1.82, 2.24) is 14.9 Å². The number of hydrogen-bond donors (Lipinski definition) is 1. The molecule has 1 fully saturated rings. The van der Waals surface area contributed by atoms with Gasteiger partial charge in [-0.15, -0.1) is 0 Å². The maximum atomic E-state index is 13.9. The summed E-state index contributed by atoms with van der Waals surface area (Å²) in [4.78, 5) is 4.03. The molecule has 0 atom stereocenters. The van der Waals surface area contributed by atoms with Crippen LogP contribution in [0.5, 0.6) is 5.75 Å². The molecule has 142 valence electrons. The van der Waals surface area contributed by atoms with Gasteiger partial charge in [0, 0.05) is 19.1 Å². The minimum absolute atomic E-state index is 0.00412. The first-order valence-corrected chi connectivity index (χ1v) is 9.80. The van der Waals surface area contributed by atoms with E-state index in [2.05, 4.69) is 14.9 Å². The molecule has 10 heteroatoms. The molecule has 2 heterocycles. The quantitative estimate of drug-likeness (QED) is 0.777. The smallest absolute Gasteiger partial charge is 0.241 e. The lowest BCUT2D eigenvalue weighted by Gasteiger charge is -2.18. The second-order valence-corrected chi connectivity index (χ2v) is 7.55. The second kappa shape index (κ2) is 8.11. The standard InChI is InChI=1S/C16H20FN3O5S/c1-2-24-14-4-3-12(9-13(14)17)26(21,22)18-10-15-19-16(20-25-15)11-5-7-23-8-6-11/h3-4,9,11,18H,2,5-8,10H2,1H3. The minimum atomic E-state index is -3.92. The number of benzene rings is 1. The average Bonchev–Trinajstić information content (AvgIpc) is 3.12. The molecule has 0 saturated carbocycles. The van der Waals surface area contributed by atoms with Crippen molar-refractivity contribution in [2.24, 2.45) is 0 Å². The van der Waals surface area contributed by atoms with Gasteiger partial charge < -0.3 is 14.0 Å². The van der Waals surface area contributed by atoms with Crippen LogP contribution in [0.25, 0.3) is 0 Å². The Morgan fingerprint density at radius 3 is 2.81 bits per heavy atom. The van der Waals surface area contributed by atoms with Crippen LogP contribution in [0.1, 0.15) is 37.4 Å². The zero-order valence-corrected chi connectivity index (χ0v) is 15.1. The molecule has 1 saturated heterocycles. The Morgan fingerprint density at radius 2 is 2.12 bits per heavy atom. The minimum Gasteiger partial charge on any atom is -0.491 e. The third-order valence-corrected chi connectivity index (χ3v) is 5.40. The number of aromatic nitrogens is 2. The largest absolute Gasteiger partial charge is 0.491 e. The molecule has 0 spiro atoms. The molecule has 1 aromatic carbocycles. The number of halogens is 1. The van der Waals surface area contributed by atoms with Crippen LogP contribution >= 0.6 is 0 Å². The fourth-order valence-electron chi connectivity index (χ4n) is 2.62. The summed E-state index contributed by atoms with van der Waals surface area (Å²) in [7, 11) is -3.92. The fraction of sp³-hybridized carbons (Fsp3) is 0.500. The molecule has 0 unspecified atom stereocenters. The highest BCUT2D eigenvalue weighted by Gasteiger charge is 2.22. The van der Waals surface area contributed by atoms with Crippen LogP contribution in [0, 0.1) is 5.82 Å². The molecular formula is C16H20FN3O5S. The second-order valence-electron chi connectivity index (χ2n) is 5.78. The van der Waals surface area contributed by atoms with E-state index in [0.29, 0.717) is 19.0 Å². The molecule has 0 radical (unpaired) electrons. The van der Waals surface area contributed by atoms with E-state index in [9.17, 15) is 12.8 Å². The van der Waals surface area contributed by atoms with E-state index in [1.165, 1.54) is 12.1 Å². The Morgan fingerprint density at radius 1 is 1.35 bits per heavy atom. The molecule has 8 nitrogen and oxygen atoms in total. The van der Waals surface area contributed by atoms with E-state index in [-0.39, 0.29) is 35.6 Å².